The number of rotatable bonds is 3. The third-order valence-corrected chi connectivity index (χ3v) is 4.79. The minimum absolute atomic E-state index is 0.00833. The van der Waals surface area contributed by atoms with Crippen molar-refractivity contribution in [2.24, 2.45) is 0 Å². The first-order chi connectivity index (χ1) is 10.1. The van der Waals surface area contributed by atoms with Crippen LogP contribution in [0.3, 0.4) is 0 Å². The summed E-state index contributed by atoms with van der Waals surface area (Å²) in [5, 5.41) is 10.4. The number of thiophene rings is 1. The zero-order valence-corrected chi connectivity index (χ0v) is 13.1. The molecule has 0 amide bonds. The van der Waals surface area contributed by atoms with Crippen molar-refractivity contribution in [3.63, 3.8) is 0 Å². The standard InChI is InChI=1S/C14H20N4O2S/c1-3-10-4-11-12(16-14(15)17-13(11)21-10)18-5-8(2)20-9(6-18)7-19/h4,8-9,19H,3,5-7H2,1-2H3,(H2,15,16,17). The first-order valence-electron chi connectivity index (χ1n) is 7.18. The number of nitrogens with two attached hydrogens (primary N) is 1. The Morgan fingerprint density at radius 2 is 2.29 bits per heavy atom. The van der Waals surface area contributed by atoms with Gasteiger partial charge in [0.15, 0.2) is 0 Å². The zero-order chi connectivity index (χ0) is 15.0. The largest absolute Gasteiger partial charge is 0.394 e. The van der Waals surface area contributed by atoms with Crippen molar-refractivity contribution in [3.05, 3.63) is 10.9 Å². The van der Waals surface area contributed by atoms with Gasteiger partial charge in [0.25, 0.3) is 0 Å². The predicted molar refractivity (Wildman–Crippen MR) is 84.8 cm³/mol. The van der Waals surface area contributed by atoms with Gasteiger partial charge < -0.3 is 20.5 Å². The second-order valence-corrected chi connectivity index (χ2v) is 6.46. The summed E-state index contributed by atoms with van der Waals surface area (Å²) >= 11 is 1.66. The average Bonchev–Trinajstić information content (AvgIpc) is 2.88. The van der Waals surface area contributed by atoms with Gasteiger partial charge in [-0.2, -0.15) is 4.98 Å². The number of nitrogen functional groups attached to an aromatic ring is 1. The molecule has 1 fully saturated rings. The summed E-state index contributed by atoms with van der Waals surface area (Å²) in [6.45, 7) is 5.48. The molecule has 2 aromatic rings. The van der Waals surface area contributed by atoms with Crippen LogP contribution < -0.4 is 10.6 Å². The second-order valence-electron chi connectivity index (χ2n) is 5.35. The molecule has 2 unspecified atom stereocenters. The lowest BCUT2D eigenvalue weighted by atomic mass is 10.2. The van der Waals surface area contributed by atoms with Gasteiger partial charge in [-0.15, -0.1) is 11.3 Å². The molecule has 0 saturated carbocycles. The van der Waals surface area contributed by atoms with Crippen LogP contribution in [0.4, 0.5) is 11.8 Å². The van der Waals surface area contributed by atoms with E-state index in [1.165, 1.54) is 4.88 Å². The molecule has 0 radical (unpaired) electrons. The van der Waals surface area contributed by atoms with Crippen molar-refractivity contribution in [2.45, 2.75) is 32.5 Å². The van der Waals surface area contributed by atoms with Gasteiger partial charge in [0, 0.05) is 18.0 Å². The molecule has 7 heteroatoms. The van der Waals surface area contributed by atoms with Gasteiger partial charge in [-0.3, -0.25) is 0 Å². The number of morpholine rings is 1. The number of hydrogen-bond donors (Lipinski definition) is 2. The number of aromatic nitrogens is 2. The fourth-order valence-corrected chi connectivity index (χ4v) is 3.68. The Balaban J connectivity index is 2.04. The lowest BCUT2D eigenvalue weighted by molar-refractivity contribution is -0.0422. The van der Waals surface area contributed by atoms with E-state index in [1.807, 2.05) is 6.92 Å². The molecule has 21 heavy (non-hydrogen) atoms. The summed E-state index contributed by atoms with van der Waals surface area (Å²) < 4.78 is 5.69. The third kappa shape index (κ3) is 2.81. The number of ether oxygens (including phenoxy) is 1. The summed E-state index contributed by atoms with van der Waals surface area (Å²) in [5.74, 6) is 1.14. The molecule has 3 heterocycles. The maximum Gasteiger partial charge on any atom is 0.223 e. The van der Waals surface area contributed by atoms with Crippen LogP contribution in [-0.2, 0) is 11.2 Å². The van der Waals surface area contributed by atoms with Gasteiger partial charge >= 0.3 is 0 Å². The smallest absolute Gasteiger partial charge is 0.223 e. The number of hydrogen-bond acceptors (Lipinski definition) is 7. The van der Waals surface area contributed by atoms with Crippen molar-refractivity contribution in [1.29, 1.82) is 0 Å². The monoisotopic (exact) mass is 308 g/mol. The molecule has 114 valence electrons. The van der Waals surface area contributed by atoms with Gasteiger partial charge in [0.1, 0.15) is 10.6 Å². The quantitative estimate of drug-likeness (QED) is 0.892. The number of aryl methyl sites for hydroxylation is 1. The Morgan fingerprint density at radius 3 is 3.00 bits per heavy atom. The predicted octanol–water partition coefficient (Wildman–Crippen LogP) is 1.42. The van der Waals surface area contributed by atoms with Gasteiger partial charge in [0.2, 0.25) is 5.95 Å². The number of aliphatic hydroxyl groups excluding tert-OH is 1. The molecule has 1 saturated heterocycles. The van der Waals surface area contributed by atoms with E-state index in [2.05, 4.69) is 27.9 Å². The summed E-state index contributed by atoms with van der Waals surface area (Å²) in [5.41, 5.74) is 5.86. The summed E-state index contributed by atoms with van der Waals surface area (Å²) in [4.78, 5) is 13.1. The highest BCUT2D eigenvalue weighted by Gasteiger charge is 2.27. The normalized spacial score (nSPS) is 22.9. The SMILES string of the molecule is CCc1cc2c(N3CC(C)OC(CO)C3)nc(N)nc2s1. The highest BCUT2D eigenvalue weighted by atomic mass is 32.1. The van der Waals surface area contributed by atoms with Crippen molar-refractivity contribution < 1.29 is 9.84 Å². The summed E-state index contributed by atoms with van der Waals surface area (Å²) in [6.07, 6.45) is 0.829. The van der Waals surface area contributed by atoms with E-state index in [-0.39, 0.29) is 18.8 Å². The van der Waals surface area contributed by atoms with E-state index < -0.39 is 0 Å². The van der Waals surface area contributed by atoms with Crippen LogP contribution in [0.5, 0.6) is 0 Å². The van der Waals surface area contributed by atoms with Crippen LogP contribution in [0.2, 0.25) is 0 Å². The third-order valence-electron chi connectivity index (χ3n) is 3.62. The molecule has 2 atom stereocenters. The molecule has 0 spiro atoms. The number of aliphatic hydroxyl groups is 1. The van der Waals surface area contributed by atoms with Crippen LogP contribution in [0.1, 0.15) is 18.7 Å². The van der Waals surface area contributed by atoms with E-state index in [0.29, 0.717) is 12.5 Å². The molecule has 0 aromatic carbocycles. The molecule has 2 aromatic heterocycles. The molecular weight excluding hydrogens is 288 g/mol. The molecule has 3 rings (SSSR count). The van der Waals surface area contributed by atoms with Crippen molar-refractivity contribution in [3.8, 4) is 0 Å². The van der Waals surface area contributed by atoms with Gasteiger partial charge in [-0.1, -0.05) is 6.92 Å². The lowest BCUT2D eigenvalue weighted by Crippen LogP contribution is -2.48. The van der Waals surface area contributed by atoms with Crippen LogP contribution in [-0.4, -0.2) is 47.0 Å². The summed E-state index contributed by atoms with van der Waals surface area (Å²) in [7, 11) is 0. The first-order valence-corrected chi connectivity index (χ1v) is 7.99. The van der Waals surface area contributed by atoms with E-state index in [1.54, 1.807) is 11.3 Å². The molecule has 3 N–H and O–H groups in total. The van der Waals surface area contributed by atoms with Crippen LogP contribution >= 0.6 is 11.3 Å². The fourth-order valence-electron chi connectivity index (χ4n) is 2.71. The molecule has 1 aliphatic heterocycles. The Hall–Kier alpha value is -1.44. The number of nitrogens with zero attached hydrogens (tertiary/aromatic N) is 3. The molecular formula is C14H20N4O2S. The van der Waals surface area contributed by atoms with Gasteiger partial charge in [-0.05, 0) is 19.4 Å². The lowest BCUT2D eigenvalue weighted by Gasteiger charge is -2.37. The summed E-state index contributed by atoms with van der Waals surface area (Å²) in [6, 6.07) is 2.14. The van der Waals surface area contributed by atoms with Crippen LogP contribution in [0.15, 0.2) is 6.07 Å². The number of anilines is 2. The van der Waals surface area contributed by atoms with E-state index in [9.17, 15) is 5.11 Å². The fraction of sp³-hybridized carbons (Fsp3) is 0.571. The Kier molecular flexibility index (Phi) is 3.97. The Bertz CT molecular complexity index is 645. The number of fused-ring (bicyclic) bond motifs is 1. The maximum atomic E-state index is 9.38. The van der Waals surface area contributed by atoms with Gasteiger partial charge in [0.05, 0.1) is 24.2 Å². The maximum absolute atomic E-state index is 9.38. The van der Waals surface area contributed by atoms with Crippen molar-refractivity contribution in [2.75, 3.05) is 30.3 Å². The first kappa shape index (κ1) is 14.5. The zero-order valence-electron chi connectivity index (χ0n) is 12.2. The van der Waals surface area contributed by atoms with Crippen molar-refractivity contribution >= 4 is 33.3 Å². The minimum Gasteiger partial charge on any atom is -0.394 e. The average molecular weight is 308 g/mol. The van der Waals surface area contributed by atoms with Crippen molar-refractivity contribution in [1.82, 2.24) is 9.97 Å². The van der Waals surface area contributed by atoms with E-state index in [0.717, 1.165) is 29.0 Å². The van der Waals surface area contributed by atoms with Gasteiger partial charge in [-0.25, -0.2) is 4.98 Å². The Labute approximate surface area is 127 Å². The van der Waals surface area contributed by atoms with Crippen LogP contribution in [0, 0.1) is 0 Å². The highest BCUT2D eigenvalue weighted by Crippen LogP contribution is 2.33. The van der Waals surface area contributed by atoms with Crippen LogP contribution in [0.25, 0.3) is 10.2 Å². The minimum atomic E-state index is -0.190. The molecule has 0 bridgehead atoms. The Morgan fingerprint density at radius 1 is 1.48 bits per heavy atom. The second kappa shape index (κ2) is 5.75. The van der Waals surface area contributed by atoms with E-state index >= 15 is 0 Å². The molecule has 6 nitrogen and oxygen atoms in total. The highest BCUT2D eigenvalue weighted by molar-refractivity contribution is 7.18. The van der Waals surface area contributed by atoms with E-state index in [4.69, 9.17) is 10.5 Å². The molecule has 0 aliphatic carbocycles. The topological polar surface area (TPSA) is 84.5 Å². The molecule has 1 aliphatic rings.